The Hall–Kier alpha value is -3.46. The maximum atomic E-state index is 12.9. The van der Waals surface area contributed by atoms with Crippen LogP contribution < -0.4 is 4.90 Å². The van der Waals surface area contributed by atoms with Gasteiger partial charge in [-0.1, -0.05) is 72.8 Å². The highest BCUT2D eigenvalue weighted by Crippen LogP contribution is 2.33. The Bertz CT molecular complexity index is 1000. The number of amides is 2. The largest absolute Gasteiger partial charge is 0.269 e. The van der Waals surface area contributed by atoms with E-state index in [1.165, 1.54) is 4.90 Å². The number of carbonyl (C=O) groups excluding carboxylic acids is 2. The van der Waals surface area contributed by atoms with Crippen molar-refractivity contribution in [1.82, 2.24) is 0 Å². The predicted octanol–water partition coefficient (Wildman–Crippen LogP) is 4.70. The lowest BCUT2D eigenvalue weighted by Crippen LogP contribution is -2.31. The molecule has 0 unspecified atom stereocenters. The molecule has 0 fully saturated rings. The second-order valence-electron chi connectivity index (χ2n) is 6.22. The van der Waals surface area contributed by atoms with Crippen LogP contribution in [0.2, 0.25) is 0 Å². The van der Waals surface area contributed by atoms with Crippen molar-refractivity contribution < 1.29 is 9.59 Å². The van der Waals surface area contributed by atoms with E-state index in [0.29, 0.717) is 16.8 Å². The molecule has 0 aliphatic carbocycles. The summed E-state index contributed by atoms with van der Waals surface area (Å²) in [7, 11) is 0. The summed E-state index contributed by atoms with van der Waals surface area (Å²) in [6, 6.07) is 26.8. The monoisotopic (exact) mass is 339 g/mol. The van der Waals surface area contributed by atoms with E-state index >= 15 is 0 Å². The number of anilines is 1. The van der Waals surface area contributed by atoms with Gasteiger partial charge < -0.3 is 0 Å². The first kappa shape index (κ1) is 16.0. The third-order valence-corrected chi connectivity index (χ3v) is 4.61. The minimum Gasteiger partial charge on any atom is -0.269 e. The van der Waals surface area contributed by atoms with Crippen molar-refractivity contribution in [1.29, 1.82) is 0 Å². The summed E-state index contributed by atoms with van der Waals surface area (Å²) < 4.78 is 0. The summed E-state index contributed by atoms with van der Waals surface area (Å²) >= 11 is 0. The fourth-order valence-electron chi connectivity index (χ4n) is 3.25. The number of carbonyl (C=O) groups is 2. The first-order chi connectivity index (χ1) is 12.7. The van der Waals surface area contributed by atoms with Gasteiger partial charge in [-0.05, 0) is 35.7 Å². The Morgan fingerprint density at radius 3 is 1.65 bits per heavy atom. The van der Waals surface area contributed by atoms with Gasteiger partial charge in [0.15, 0.2) is 0 Å². The molecule has 2 amide bonds. The molecule has 0 aromatic heterocycles. The van der Waals surface area contributed by atoms with Gasteiger partial charge in [-0.2, -0.15) is 0 Å². The minimum atomic E-state index is -0.272. The second-order valence-corrected chi connectivity index (χ2v) is 6.22. The zero-order chi connectivity index (χ0) is 18.1. The van der Waals surface area contributed by atoms with Gasteiger partial charge >= 0.3 is 0 Å². The molecule has 0 bridgehead atoms. The smallest absolute Gasteiger partial charge is 0.266 e. The van der Waals surface area contributed by atoms with Crippen LogP contribution in [0, 0.1) is 0 Å². The van der Waals surface area contributed by atoms with Crippen LogP contribution in [0.5, 0.6) is 0 Å². The Labute approximate surface area is 152 Å². The van der Waals surface area contributed by atoms with Gasteiger partial charge in [-0.3, -0.25) is 9.59 Å². The van der Waals surface area contributed by atoms with E-state index in [0.717, 1.165) is 16.7 Å². The average molecular weight is 339 g/mol. The van der Waals surface area contributed by atoms with Crippen LogP contribution in [-0.2, 0) is 9.59 Å². The van der Waals surface area contributed by atoms with E-state index in [-0.39, 0.29) is 11.8 Å². The maximum absolute atomic E-state index is 12.9. The standard InChI is InChI=1S/C23H17NO2/c1-16-21(19-10-6-3-7-11-19)23(26)24(22(16)25)20-14-12-18(13-15-20)17-8-4-2-5-9-17/h2-15H,1H3. The zero-order valence-electron chi connectivity index (χ0n) is 14.3. The van der Waals surface area contributed by atoms with Crippen LogP contribution in [0.3, 0.4) is 0 Å². The molecular weight excluding hydrogens is 322 g/mol. The summed E-state index contributed by atoms with van der Waals surface area (Å²) in [6.45, 7) is 1.71. The fraction of sp³-hybridized carbons (Fsp3) is 0.0435. The number of imide groups is 1. The van der Waals surface area contributed by atoms with E-state index in [9.17, 15) is 9.59 Å². The molecule has 1 heterocycles. The van der Waals surface area contributed by atoms with Gasteiger partial charge in [-0.15, -0.1) is 0 Å². The molecule has 4 rings (SSSR count). The van der Waals surface area contributed by atoms with Crippen molar-refractivity contribution in [3.63, 3.8) is 0 Å². The van der Waals surface area contributed by atoms with Crippen molar-refractivity contribution >= 4 is 23.1 Å². The summed E-state index contributed by atoms with van der Waals surface area (Å²) in [4.78, 5) is 26.9. The number of benzene rings is 3. The van der Waals surface area contributed by atoms with Crippen LogP contribution in [0.4, 0.5) is 5.69 Å². The molecule has 1 aliphatic rings. The van der Waals surface area contributed by atoms with E-state index in [1.54, 1.807) is 6.92 Å². The molecule has 0 atom stereocenters. The van der Waals surface area contributed by atoms with Gasteiger partial charge in [-0.25, -0.2) is 4.90 Å². The molecule has 0 N–H and O–H groups in total. The first-order valence-corrected chi connectivity index (χ1v) is 8.47. The summed E-state index contributed by atoms with van der Waals surface area (Å²) in [5.74, 6) is -0.535. The van der Waals surface area contributed by atoms with Crippen LogP contribution in [0.1, 0.15) is 12.5 Å². The first-order valence-electron chi connectivity index (χ1n) is 8.47. The summed E-state index contributed by atoms with van der Waals surface area (Å²) in [5, 5.41) is 0. The van der Waals surface area contributed by atoms with Gasteiger partial charge in [0.25, 0.3) is 11.8 Å². The average Bonchev–Trinajstić information content (AvgIpc) is 2.92. The molecule has 26 heavy (non-hydrogen) atoms. The zero-order valence-corrected chi connectivity index (χ0v) is 14.3. The Balaban J connectivity index is 1.67. The number of rotatable bonds is 3. The molecule has 0 saturated carbocycles. The van der Waals surface area contributed by atoms with Crippen molar-refractivity contribution in [2.45, 2.75) is 6.92 Å². The maximum Gasteiger partial charge on any atom is 0.266 e. The Kier molecular flexibility index (Phi) is 3.98. The van der Waals surface area contributed by atoms with Crippen molar-refractivity contribution in [2.24, 2.45) is 0 Å². The third kappa shape index (κ3) is 2.64. The SMILES string of the molecule is CC1=C(c2ccccc2)C(=O)N(c2ccc(-c3ccccc3)cc2)C1=O. The van der Waals surface area contributed by atoms with Crippen LogP contribution in [0.25, 0.3) is 16.7 Å². The lowest BCUT2D eigenvalue weighted by atomic mass is 10.0. The van der Waals surface area contributed by atoms with Crippen LogP contribution in [-0.4, -0.2) is 11.8 Å². The molecule has 3 aromatic rings. The molecule has 3 nitrogen and oxygen atoms in total. The van der Waals surface area contributed by atoms with Crippen molar-refractivity contribution in [3.05, 3.63) is 96.1 Å². The third-order valence-electron chi connectivity index (χ3n) is 4.61. The molecule has 0 saturated heterocycles. The predicted molar refractivity (Wildman–Crippen MR) is 103 cm³/mol. The van der Waals surface area contributed by atoms with Crippen molar-refractivity contribution in [3.8, 4) is 11.1 Å². The molecule has 126 valence electrons. The normalized spacial score (nSPS) is 14.3. The highest BCUT2D eigenvalue weighted by molar-refractivity contribution is 6.45. The Morgan fingerprint density at radius 2 is 1.08 bits per heavy atom. The molecule has 3 aromatic carbocycles. The lowest BCUT2D eigenvalue weighted by molar-refractivity contribution is -0.120. The topological polar surface area (TPSA) is 37.4 Å². The van der Waals surface area contributed by atoms with Gasteiger partial charge in [0.2, 0.25) is 0 Å². The lowest BCUT2D eigenvalue weighted by Gasteiger charge is -2.16. The van der Waals surface area contributed by atoms with Crippen LogP contribution in [0.15, 0.2) is 90.5 Å². The van der Waals surface area contributed by atoms with E-state index in [4.69, 9.17) is 0 Å². The van der Waals surface area contributed by atoms with Gasteiger partial charge in [0.05, 0.1) is 11.3 Å². The second kappa shape index (κ2) is 6.45. The van der Waals surface area contributed by atoms with Crippen LogP contribution >= 0.6 is 0 Å². The molecular formula is C23H17NO2. The van der Waals surface area contributed by atoms with Gasteiger partial charge in [0, 0.05) is 5.57 Å². The quantitative estimate of drug-likeness (QED) is 0.649. The number of hydrogen-bond donors (Lipinski definition) is 0. The highest BCUT2D eigenvalue weighted by Gasteiger charge is 2.37. The van der Waals surface area contributed by atoms with E-state index < -0.39 is 0 Å². The van der Waals surface area contributed by atoms with Crippen molar-refractivity contribution in [2.75, 3.05) is 4.90 Å². The summed E-state index contributed by atoms with van der Waals surface area (Å²) in [6.07, 6.45) is 0. The molecule has 3 heteroatoms. The molecule has 0 radical (unpaired) electrons. The molecule has 1 aliphatic heterocycles. The van der Waals surface area contributed by atoms with E-state index in [2.05, 4.69) is 0 Å². The number of nitrogens with zero attached hydrogens (tertiary/aromatic N) is 1. The Morgan fingerprint density at radius 1 is 0.577 bits per heavy atom. The fourth-order valence-corrected chi connectivity index (χ4v) is 3.25. The summed E-state index contributed by atoms with van der Waals surface area (Å²) in [5.41, 5.74) is 4.45. The number of hydrogen-bond acceptors (Lipinski definition) is 2. The minimum absolute atomic E-state index is 0.263. The highest BCUT2D eigenvalue weighted by atomic mass is 16.2. The molecule has 0 spiro atoms. The van der Waals surface area contributed by atoms with E-state index in [1.807, 2.05) is 84.9 Å². The van der Waals surface area contributed by atoms with Gasteiger partial charge in [0.1, 0.15) is 0 Å².